The van der Waals surface area contributed by atoms with Gasteiger partial charge in [0.25, 0.3) is 0 Å². The number of rotatable bonds is 10. The predicted octanol–water partition coefficient (Wildman–Crippen LogP) is 3.97. The summed E-state index contributed by atoms with van der Waals surface area (Å²) < 4.78 is 5.73. The number of pyridine rings is 1. The van der Waals surface area contributed by atoms with Crippen LogP contribution in [0.25, 0.3) is 0 Å². The Morgan fingerprint density at radius 3 is 2.85 bits per heavy atom. The molecule has 27 heavy (non-hydrogen) atoms. The third-order valence-corrected chi connectivity index (χ3v) is 5.64. The summed E-state index contributed by atoms with van der Waals surface area (Å²) in [6, 6.07) is 4.08. The maximum atomic E-state index is 5.73. The molecule has 3 aromatic heterocycles. The number of aryl methyl sites for hydroxylation is 1. The van der Waals surface area contributed by atoms with Crippen LogP contribution in [0.5, 0.6) is 5.88 Å². The van der Waals surface area contributed by atoms with E-state index in [0.717, 1.165) is 39.9 Å². The third-order valence-electron chi connectivity index (χ3n) is 3.71. The van der Waals surface area contributed by atoms with Crippen LogP contribution in [0.2, 0.25) is 0 Å². The van der Waals surface area contributed by atoms with Gasteiger partial charge in [0, 0.05) is 59.7 Å². The van der Waals surface area contributed by atoms with Crippen LogP contribution in [-0.2, 0) is 12.2 Å². The Labute approximate surface area is 167 Å². The first-order valence-corrected chi connectivity index (χ1v) is 10.9. The lowest BCUT2D eigenvalue weighted by molar-refractivity contribution is 0.323. The van der Waals surface area contributed by atoms with Crippen molar-refractivity contribution in [2.24, 2.45) is 0 Å². The minimum atomic E-state index is 0.569. The van der Waals surface area contributed by atoms with Gasteiger partial charge in [-0.15, -0.1) is 11.3 Å². The molecule has 3 rings (SSSR count). The summed E-state index contributed by atoms with van der Waals surface area (Å²) in [5, 5.41) is 6.43. The van der Waals surface area contributed by atoms with Crippen molar-refractivity contribution in [1.29, 1.82) is 0 Å². The molecule has 3 aromatic rings. The van der Waals surface area contributed by atoms with E-state index in [4.69, 9.17) is 4.74 Å². The standard InChI is InChI=1S/C19H23N5OS2/c1-3-25-18-16(10-15-5-4-14(2)22-11-15)12-23-19(24-18)21-6-8-26-13-17-20-7-9-27-17/h4-5,7,9,11-12H,3,6,8,10,13H2,1-2H3,(H,21,23,24). The second kappa shape index (κ2) is 10.2. The summed E-state index contributed by atoms with van der Waals surface area (Å²) >= 11 is 3.53. The summed E-state index contributed by atoms with van der Waals surface area (Å²) in [5.41, 5.74) is 3.09. The van der Waals surface area contributed by atoms with E-state index in [2.05, 4.69) is 31.3 Å². The van der Waals surface area contributed by atoms with Crippen molar-refractivity contribution in [2.45, 2.75) is 26.0 Å². The van der Waals surface area contributed by atoms with Gasteiger partial charge in [0.15, 0.2) is 0 Å². The number of nitrogens with one attached hydrogen (secondary N) is 1. The number of hydrogen-bond acceptors (Lipinski definition) is 8. The van der Waals surface area contributed by atoms with Gasteiger partial charge in [-0.2, -0.15) is 16.7 Å². The number of hydrogen-bond donors (Lipinski definition) is 1. The van der Waals surface area contributed by atoms with Gasteiger partial charge in [0.1, 0.15) is 5.01 Å². The lowest BCUT2D eigenvalue weighted by Gasteiger charge is -2.11. The van der Waals surface area contributed by atoms with Crippen LogP contribution >= 0.6 is 23.1 Å². The quantitative estimate of drug-likeness (QED) is 0.515. The maximum absolute atomic E-state index is 5.73. The lowest BCUT2D eigenvalue weighted by Crippen LogP contribution is -2.10. The smallest absolute Gasteiger partial charge is 0.225 e. The number of aromatic nitrogens is 4. The monoisotopic (exact) mass is 401 g/mol. The van der Waals surface area contributed by atoms with Crippen molar-refractivity contribution in [3.63, 3.8) is 0 Å². The molecule has 0 bridgehead atoms. The minimum Gasteiger partial charge on any atom is -0.478 e. The molecule has 0 amide bonds. The Morgan fingerprint density at radius 2 is 2.11 bits per heavy atom. The molecule has 0 aliphatic carbocycles. The number of anilines is 1. The molecule has 8 heteroatoms. The van der Waals surface area contributed by atoms with Gasteiger partial charge >= 0.3 is 0 Å². The Kier molecular flexibility index (Phi) is 7.41. The van der Waals surface area contributed by atoms with Crippen molar-refractivity contribution in [3.05, 3.63) is 57.9 Å². The molecule has 0 radical (unpaired) electrons. The van der Waals surface area contributed by atoms with Gasteiger partial charge in [-0.05, 0) is 25.5 Å². The van der Waals surface area contributed by atoms with Crippen molar-refractivity contribution >= 4 is 29.0 Å². The highest BCUT2D eigenvalue weighted by Gasteiger charge is 2.10. The van der Waals surface area contributed by atoms with Crippen LogP contribution < -0.4 is 10.1 Å². The summed E-state index contributed by atoms with van der Waals surface area (Å²) in [4.78, 5) is 17.6. The zero-order chi connectivity index (χ0) is 18.9. The molecule has 0 aromatic carbocycles. The molecule has 0 saturated heterocycles. The summed E-state index contributed by atoms with van der Waals surface area (Å²) in [5.74, 6) is 3.13. The Hall–Kier alpha value is -2.19. The molecule has 1 N–H and O–H groups in total. The topological polar surface area (TPSA) is 72.8 Å². The molecule has 0 aliphatic rings. The molecule has 142 valence electrons. The van der Waals surface area contributed by atoms with E-state index < -0.39 is 0 Å². The van der Waals surface area contributed by atoms with E-state index in [0.29, 0.717) is 24.9 Å². The second-order valence-electron chi connectivity index (χ2n) is 5.85. The van der Waals surface area contributed by atoms with E-state index in [1.807, 2.05) is 55.6 Å². The first-order chi connectivity index (χ1) is 13.2. The first-order valence-electron chi connectivity index (χ1n) is 8.85. The number of nitrogens with zero attached hydrogens (tertiary/aromatic N) is 4. The highest BCUT2D eigenvalue weighted by Crippen LogP contribution is 2.20. The largest absolute Gasteiger partial charge is 0.478 e. The molecular weight excluding hydrogens is 378 g/mol. The summed E-state index contributed by atoms with van der Waals surface area (Å²) in [6.07, 6.45) is 6.27. The van der Waals surface area contributed by atoms with Crippen LogP contribution in [0, 0.1) is 6.92 Å². The minimum absolute atomic E-state index is 0.569. The molecule has 0 unspecified atom stereocenters. The van der Waals surface area contributed by atoms with E-state index in [1.54, 1.807) is 11.3 Å². The number of thiazole rings is 1. The highest BCUT2D eigenvalue weighted by atomic mass is 32.2. The average molecular weight is 402 g/mol. The van der Waals surface area contributed by atoms with Crippen molar-refractivity contribution < 1.29 is 4.74 Å². The van der Waals surface area contributed by atoms with E-state index in [1.165, 1.54) is 0 Å². The zero-order valence-corrected chi connectivity index (χ0v) is 17.1. The summed E-state index contributed by atoms with van der Waals surface area (Å²) in [7, 11) is 0. The first kappa shape index (κ1) is 19.6. The summed E-state index contributed by atoms with van der Waals surface area (Å²) in [6.45, 7) is 5.30. The predicted molar refractivity (Wildman–Crippen MR) is 112 cm³/mol. The average Bonchev–Trinajstić information content (AvgIpc) is 3.19. The molecule has 0 fully saturated rings. The van der Waals surface area contributed by atoms with Crippen LogP contribution in [0.1, 0.15) is 28.8 Å². The maximum Gasteiger partial charge on any atom is 0.225 e. The fraction of sp³-hybridized carbons (Fsp3) is 0.368. The lowest BCUT2D eigenvalue weighted by atomic mass is 10.1. The Morgan fingerprint density at radius 1 is 1.19 bits per heavy atom. The SMILES string of the molecule is CCOc1nc(NCCSCc2nccs2)ncc1Cc1ccc(C)nc1. The van der Waals surface area contributed by atoms with E-state index in [-0.39, 0.29) is 0 Å². The molecule has 6 nitrogen and oxygen atoms in total. The van der Waals surface area contributed by atoms with Gasteiger partial charge in [-0.3, -0.25) is 4.98 Å². The normalized spacial score (nSPS) is 10.7. The van der Waals surface area contributed by atoms with Gasteiger partial charge < -0.3 is 10.1 Å². The molecule has 0 aliphatic heterocycles. The fourth-order valence-corrected chi connectivity index (χ4v) is 3.96. The van der Waals surface area contributed by atoms with Crippen LogP contribution in [0.4, 0.5) is 5.95 Å². The van der Waals surface area contributed by atoms with Crippen LogP contribution in [-0.4, -0.2) is 38.8 Å². The third kappa shape index (κ3) is 6.18. The van der Waals surface area contributed by atoms with E-state index >= 15 is 0 Å². The molecule has 3 heterocycles. The van der Waals surface area contributed by atoms with Gasteiger partial charge in [0.2, 0.25) is 11.8 Å². The van der Waals surface area contributed by atoms with Crippen molar-refractivity contribution in [1.82, 2.24) is 19.9 Å². The highest BCUT2D eigenvalue weighted by molar-refractivity contribution is 7.98. The van der Waals surface area contributed by atoms with E-state index in [9.17, 15) is 0 Å². The molecule has 0 saturated carbocycles. The van der Waals surface area contributed by atoms with Gasteiger partial charge in [-0.1, -0.05) is 6.07 Å². The van der Waals surface area contributed by atoms with Gasteiger partial charge in [0.05, 0.1) is 6.61 Å². The van der Waals surface area contributed by atoms with Crippen LogP contribution in [0.15, 0.2) is 36.1 Å². The Balaban J connectivity index is 1.54. The zero-order valence-electron chi connectivity index (χ0n) is 15.5. The Bertz CT molecular complexity index is 825. The second-order valence-corrected chi connectivity index (χ2v) is 7.93. The van der Waals surface area contributed by atoms with Crippen molar-refractivity contribution in [2.75, 3.05) is 24.2 Å². The van der Waals surface area contributed by atoms with Gasteiger partial charge in [-0.25, -0.2) is 9.97 Å². The molecule has 0 atom stereocenters. The molecule has 0 spiro atoms. The number of ether oxygens (including phenoxy) is 1. The fourth-order valence-electron chi connectivity index (χ4n) is 2.40. The molecular formula is C19H23N5OS2. The van der Waals surface area contributed by atoms with Crippen LogP contribution in [0.3, 0.4) is 0 Å². The van der Waals surface area contributed by atoms with Crippen molar-refractivity contribution in [3.8, 4) is 5.88 Å². The number of thioether (sulfide) groups is 1.